The van der Waals surface area contributed by atoms with Gasteiger partial charge in [-0.2, -0.15) is 0 Å². The summed E-state index contributed by atoms with van der Waals surface area (Å²) in [6.45, 7) is 2.92. The second-order valence-electron chi connectivity index (χ2n) is 5.86. The van der Waals surface area contributed by atoms with Crippen LogP contribution in [-0.4, -0.2) is 36.0 Å². The second kappa shape index (κ2) is 5.28. The van der Waals surface area contributed by atoms with Crippen LogP contribution >= 0.6 is 0 Å². The summed E-state index contributed by atoms with van der Waals surface area (Å²) in [6, 6.07) is 11.1. The van der Waals surface area contributed by atoms with Crippen LogP contribution < -0.4 is 10.3 Å². The smallest absolute Gasteiger partial charge is 0.200 e. The van der Waals surface area contributed by atoms with Crippen molar-refractivity contribution in [3.8, 4) is 5.75 Å². The third-order valence-electron chi connectivity index (χ3n) is 4.56. The first-order valence-electron chi connectivity index (χ1n) is 7.74. The molecule has 0 amide bonds. The summed E-state index contributed by atoms with van der Waals surface area (Å²) < 4.78 is 7.35. The van der Waals surface area contributed by atoms with Crippen molar-refractivity contribution in [1.29, 1.82) is 0 Å². The third kappa shape index (κ3) is 2.16. The highest BCUT2D eigenvalue weighted by Crippen LogP contribution is 2.31. The molecule has 0 atom stereocenters. The zero-order valence-corrected chi connectivity index (χ0v) is 13.0. The number of nitrogens with zero attached hydrogens (tertiary/aromatic N) is 2. The number of phenols is 1. The Kier molecular flexibility index (Phi) is 3.23. The van der Waals surface area contributed by atoms with Gasteiger partial charge in [-0.15, -0.1) is 0 Å². The van der Waals surface area contributed by atoms with E-state index in [1.54, 1.807) is 12.1 Å². The Hall–Kier alpha value is -2.53. The van der Waals surface area contributed by atoms with E-state index in [9.17, 15) is 9.90 Å². The molecule has 5 heteroatoms. The van der Waals surface area contributed by atoms with E-state index < -0.39 is 0 Å². The molecule has 1 saturated heterocycles. The minimum atomic E-state index is -0.125. The number of morpholine rings is 1. The molecule has 1 aromatic heterocycles. The molecule has 1 fully saturated rings. The van der Waals surface area contributed by atoms with E-state index in [0.717, 1.165) is 29.8 Å². The number of anilines is 1. The molecule has 0 aliphatic carbocycles. The van der Waals surface area contributed by atoms with Gasteiger partial charge in [0.15, 0.2) is 0 Å². The number of hydrogen-bond donors (Lipinski definition) is 1. The van der Waals surface area contributed by atoms with Gasteiger partial charge in [-0.3, -0.25) is 4.79 Å². The van der Waals surface area contributed by atoms with Crippen LogP contribution in [0.15, 0.2) is 41.2 Å². The minimum absolute atomic E-state index is 0.0374. The fourth-order valence-electron chi connectivity index (χ4n) is 3.32. The van der Waals surface area contributed by atoms with E-state index in [-0.39, 0.29) is 11.2 Å². The van der Waals surface area contributed by atoms with Gasteiger partial charge in [-0.05, 0) is 18.2 Å². The molecular weight excluding hydrogens is 292 g/mol. The van der Waals surface area contributed by atoms with E-state index in [1.165, 1.54) is 0 Å². The molecule has 0 bridgehead atoms. The first-order chi connectivity index (χ1) is 11.2. The van der Waals surface area contributed by atoms with Crippen molar-refractivity contribution >= 4 is 27.5 Å². The zero-order chi connectivity index (χ0) is 16.0. The quantitative estimate of drug-likeness (QED) is 0.700. The zero-order valence-electron chi connectivity index (χ0n) is 13.0. The maximum Gasteiger partial charge on any atom is 0.200 e. The highest BCUT2D eigenvalue weighted by atomic mass is 16.5. The van der Waals surface area contributed by atoms with Crippen LogP contribution in [0.1, 0.15) is 0 Å². The van der Waals surface area contributed by atoms with E-state index in [1.807, 2.05) is 35.9 Å². The normalized spacial score (nSPS) is 15.4. The highest BCUT2D eigenvalue weighted by molar-refractivity contribution is 5.98. The number of aryl methyl sites for hydroxylation is 1. The van der Waals surface area contributed by atoms with Gasteiger partial charge >= 0.3 is 0 Å². The first kappa shape index (κ1) is 14.1. The Morgan fingerprint density at radius 3 is 2.61 bits per heavy atom. The summed E-state index contributed by atoms with van der Waals surface area (Å²) in [6.07, 6.45) is 0. The SMILES string of the molecule is Cn1c2ccccc2c(=O)c2c(O)cc(N3CCOCC3)cc21. The van der Waals surface area contributed by atoms with E-state index in [4.69, 9.17) is 4.74 Å². The maximum absolute atomic E-state index is 12.7. The molecule has 2 aromatic carbocycles. The van der Waals surface area contributed by atoms with Crippen LogP contribution in [0.2, 0.25) is 0 Å². The van der Waals surface area contributed by atoms with Crippen LogP contribution in [0.4, 0.5) is 5.69 Å². The van der Waals surface area contributed by atoms with Gasteiger partial charge in [0.05, 0.1) is 29.6 Å². The minimum Gasteiger partial charge on any atom is -0.507 e. The Balaban J connectivity index is 2.04. The first-order valence-corrected chi connectivity index (χ1v) is 7.74. The standard InChI is InChI=1S/C18H18N2O3/c1-19-14-5-3-2-4-13(14)18(22)17-15(19)10-12(11-16(17)21)20-6-8-23-9-7-20/h2-5,10-11,21H,6-9H2,1H3. The number of aromatic nitrogens is 1. The van der Waals surface area contributed by atoms with Crippen molar-refractivity contribution in [2.45, 2.75) is 0 Å². The van der Waals surface area contributed by atoms with Gasteiger partial charge < -0.3 is 19.3 Å². The fourth-order valence-corrected chi connectivity index (χ4v) is 3.32. The number of para-hydroxylation sites is 1. The monoisotopic (exact) mass is 310 g/mol. The third-order valence-corrected chi connectivity index (χ3v) is 4.56. The molecule has 1 aliphatic heterocycles. The topological polar surface area (TPSA) is 54.7 Å². The van der Waals surface area contributed by atoms with Gasteiger partial charge in [0.2, 0.25) is 5.43 Å². The van der Waals surface area contributed by atoms with Crippen molar-refractivity contribution < 1.29 is 9.84 Å². The van der Waals surface area contributed by atoms with Gasteiger partial charge in [0.25, 0.3) is 0 Å². The Morgan fingerprint density at radius 2 is 1.83 bits per heavy atom. The molecule has 0 unspecified atom stereocenters. The summed E-state index contributed by atoms with van der Waals surface area (Å²) in [4.78, 5) is 14.9. The van der Waals surface area contributed by atoms with Crippen molar-refractivity contribution in [3.63, 3.8) is 0 Å². The number of fused-ring (bicyclic) bond motifs is 2. The molecule has 5 nitrogen and oxygen atoms in total. The summed E-state index contributed by atoms with van der Waals surface area (Å²) >= 11 is 0. The molecule has 0 saturated carbocycles. The second-order valence-corrected chi connectivity index (χ2v) is 5.86. The molecule has 0 radical (unpaired) electrons. The number of hydrogen-bond acceptors (Lipinski definition) is 4. The molecule has 2 heterocycles. The fraction of sp³-hybridized carbons (Fsp3) is 0.278. The predicted molar refractivity (Wildman–Crippen MR) is 91.4 cm³/mol. The summed E-state index contributed by atoms with van der Waals surface area (Å²) in [5.41, 5.74) is 2.40. The molecule has 0 spiro atoms. The average molecular weight is 310 g/mol. The van der Waals surface area contributed by atoms with Crippen LogP contribution in [0.5, 0.6) is 5.75 Å². The number of pyridine rings is 1. The lowest BCUT2D eigenvalue weighted by molar-refractivity contribution is 0.122. The maximum atomic E-state index is 12.7. The van der Waals surface area contributed by atoms with Gasteiger partial charge in [0, 0.05) is 37.3 Å². The summed E-state index contributed by atoms with van der Waals surface area (Å²) in [5, 5.41) is 11.5. The number of aromatic hydroxyl groups is 1. The van der Waals surface area contributed by atoms with Gasteiger partial charge in [-0.25, -0.2) is 0 Å². The number of benzene rings is 2. The van der Waals surface area contributed by atoms with Gasteiger partial charge in [0.1, 0.15) is 5.75 Å². The largest absolute Gasteiger partial charge is 0.507 e. The summed E-state index contributed by atoms with van der Waals surface area (Å²) in [5.74, 6) is 0.0374. The van der Waals surface area contributed by atoms with E-state index in [2.05, 4.69) is 4.90 Å². The van der Waals surface area contributed by atoms with Crippen molar-refractivity contribution in [2.75, 3.05) is 31.2 Å². The Labute approximate surface area is 133 Å². The lowest BCUT2D eigenvalue weighted by Crippen LogP contribution is -2.36. The molecule has 23 heavy (non-hydrogen) atoms. The predicted octanol–water partition coefficient (Wildman–Crippen LogP) is 2.23. The lowest BCUT2D eigenvalue weighted by atomic mass is 10.1. The average Bonchev–Trinajstić information content (AvgIpc) is 2.60. The lowest BCUT2D eigenvalue weighted by Gasteiger charge is -2.29. The van der Waals surface area contributed by atoms with Crippen molar-refractivity contribution in [2.24, 2.45) is 7.05 Å². The summed E-state index contributed by atoms with van der Waals surface area (Å²) in [7, 11) is 1.92. The van der Waals surface area contributed by atoms with Crippen molar-refractivity contribution in [1.82, 2.24) is 4.57 Å². The van der Waals surface area contributed by atoms with Crippen LogP contribution in [0.3, 0.4) is 0 Å². The number of rotatable bonds is 1. The van der Waals surface area contributed by atoms with E-state index >= 15 is 0 Å². The molecule has 3 aromatic rings. The Morgan fingerprint density at radius 1 is 1.09 bits per heavy atom. The molecule has 118 valence electrons. The van der Waals surface area contributed by atoms with Crippen LogP contribution in [-0.2, 0) is 11.8 Å². The Bertz CT molecular complexity index is 956. The van der Waals surface area contributed by atoms with Crippen LogP contribution in [0.25, 0.3) is 21.8 Å². The molecule has 1 N–H and O–H groups in total. The molecular formula is C18H18N2O3. The van der Waals surface area contributed by atoms with Crippen LogP contribution in [0, 0.1) is 0 Å². The number of phenolic OH excluding ortho intramolecular Hbond substituents is 1. The number of ether oxygens (including phenoxy) is 1. The van der Waals surface area contributed by atoms with Gasteiger partial charge in [-0.1, -0.05) is 12.1 Å². The highest BCUT2D eigenvalue weighted by Gasteiger charge is 2.17. The molecule has 4 rings (SSSR count). The van der Waals surface area contributed by atoms with E-state index in [0.29, 0.717) is 24.0 Å². The van der Waals surface area contributed by atoms with Crippen molar-refractivity contribution in [3.05, 3.63) is 46.6 Å². The molecule has 1 aliphatic rings.